The number of hydrogen-bond acceptors (Lipinski definition) is 1. The molecule has 6 heteroatoms. The van der Waals surface area contributed by atoms with E-state index in [1.807, 2.05) is 16.7 Å². The standard InChI is InChI=1S/C15H10Cl2F2N2/c16-7-14-20-15-10(17)2-1-3-13(15)21(14)8-9-4-5-11(18)12(19)6-9/h1-6H,7-8H2. The summed E-state index contributed by atoms with van der Waals surface area (Å²) >= 11 is 12.0. The summed E-state index contributed by atoms with van der Waals surface area (Å²) in [5.41, 5.74) is 2.08. The van der Waals surface area contributed by atoms with Gasteiger partial charge in [-0.15, -0.1) is 11.6 Å². The lowest BCUT2D eigenvalue weighted by atomic mass is 10.2. The van der Waals surface area contributed by atoms with Crippen molar-refractivity contribution in [3.8, 4) is 0 Å². The predicted octanol–water partition coefficient (Wildman–Crippen LogP) is 4.76. The van der Waals surface area contributed by atoms with E-state index < -0.39 is 11.6 Å². The normalized spacial score (nSPS) is 11.2. The van der Waals surface area contributed by atoms with E-state index in [1.165, 1.54) is 12.1 Å². The minimum absolute atomic E-state index is 0.203. The van der Waals surface area contributed by atoms with Gasteiger partial charge in [0.05, 0.1) is 16.4 Å². The smallest absolute Gasteiger partial charge is 0.159 e. The van der Waals surface area contributed by atoms with Crippen molar-refractivity contribution in [1.82, 2.24) is 9.55 Å². The van der Waals surface area contributed by atoms with Crippen LogP contribution in [0.3, 0.4) is 0 Å². The van der Waals surface area contributed by atoms with Crippen molar-refractivity contribution in [3.63, 3.8) is 0 Å². The van der Waals surface area contributed by atoms with Gasteiger partial charge in [-0.25, -0.2) is 13.8 Å². The Morgan fingerprint density at radius 3 is 2.62 bits per heavy atom. The second kappa shape index (κ2) is 5.62. The molecule has 0 amide bonds. The molecule has 3 rings (SSSR count). The molecule has 0 atom stereocenters. The Balaban J connectivity index is 2.10. The first-order chi connectivity index (χ1) is 10.1. The molecule has 1 aromatic heterocycles. The quantitative estimate of drug-likeness (QED) is 0.635. The van der Waals surface area contributed by atoms with Crippen LogP contribution in [0.1, 0.15) is 11.4 Å². The fourth-order valence-corrected chi connectivity index (χ4v) is 2.68. The summed E-state index contributed by atoms with van der Waals surface area (Å²) in [5.74, 6) is -0.906. The van der Waals surface area contributed by atoms with Crippen LogP contribution >= 0.6 is 23.2 Å². The second-order valence-electron chi connectivity index (χ2n) is 4.60. The van der Waals surface area contributed by atoms with Gasteiger partial charge < -0.3 is 4.57 Å². The van der Waals surface area contributed by atoms with E-state index in [1.54, 1.807) is 6.07 Å². The van der Waals surface area contributed by atoms with E-state index in [4.69, 9.17) is 23.2 Å². The van der Waals surface area contributed by atoms with Crippen molar-refractivity contribution in [2.75, 3.05) is 0 Å². The zero-order chi connectivity index (χ0) is 15.0. The third-order valence-electron chi connectivity index (χ3n) is 3.25. The van der Waals surface area contributed by atoms with Crippen LogP contribution < -0.4 is 0 Å². The molecule has 0 saturated carbocycles. The van der Waals surface area contributed by atoms with Crippen LogP contribution in [-0.4, -0.2) is 9.55 Å². The van der Waals surface area contributed by atoms with Gasteiger partial charge in [0, 0.05) is 6.54 Å². The third kappa shape index (κ3) is 2.61. The highest BCUT2D eigenvalue weighted by molar-refractivity contribution is 6.35. The average molecular weight is 327 g/mol. The number of rotatable bonds is 3. The van der Waals surface area contributed by atoms with Gasteiger partial charge in [-0.1, -0.05) is 23.7 Å². The van der Waals surface area contributed by atoms with E-state index in [0.29, 0.717) is 28.5 Å². The van der Waals surface area contributed by atoms with Crippen LogP contribution in [-0.2, 0) is 12.4 Å². The molecular weight excluding hydrogens is 317 g/mol. The summed E-state index contributed by atoms with van der Waals surface area (Å²) in [7, 11) is 0. The Hall–Kier alpha value is -1.65. The number of halogens is 4. The van der Waals surface area contributed by atoms with E-state index in [-0.39, 0.29) is 5.88 Å². The van der Waals surface area contributed by atoms with E-state index >= 15 is 0 Å². The molecule has 21 heavy (non-hydrogen) atoms. The molecule has 0 aliphatic rings. The lowest BCUT2D eigenvalue weighted by Gasteiger charge is -2.08. The van der Waals surface area contributed by atoms with Gasteiger partial charge in [0.25, 0.3) is 0 Å². The molecule has 2 nitrogen and oxygen atoms in total. The van der Waals surface area contributed by atoms with E-state index in [0.717, 1.165) is 11.6 Å². The summed E-state index contributed by atoms with van der Waals surface area (Å²) in [6, 6.07) is 9.24. The summed E-state index contributed by atoms with van der Waals surface area (Å²) < 4.78 is 28.2. The maximum absolute atomic E-state index is 13.3. The van der Waals surface area contributed by atoms with Crippen LogP contribution in [0.2, 0.25) is 5.02 Å². The van der Waals surface area contributed by atoms with Crippen molar-refractivity contribution in [2.24, 2.45) is 0 Å². The molecule has 0 spiro atoms. The van der Waals surface area contributed by atoms with Crippen molar-refractivity contribution < 1.29 is 8.78 Å². The Morgan fingerprint density at radius 2 is 1.90 bits per heavy atom. The van der Waals surface area contributed by atoms with Crippen LogP contribution in [0.15, 0.2) is 36.4 Å². The van der Waals surface area contributed by atoms with Gasteiger partial charge in [-0.05, 0) is 29.8 Å². The highest BCUT2D eigenvalue weighted by Gasteiger charge is 2.13. The zero-order valence-corrected chi connectivity index (χ0v) is 12.3. The van der Waals surface area contributed by atoms with Gasteiger partial charge in [0.2, 0.25) is 0 Å². The molecule has 2 aromatic carbocycles. The molecule has 0 aliphatic carbocycles. The fourth-order valence-electron chi connectivity index (χ4n) is 2.26. The zero-order valence-electron chi connectivity index (χ0n) is 10.8. The van der Waals surface area contributed by atoms with Gasteiger partial charge in [0.15, 0.2) is 11.6 Å². The van der Waals surface area contributed by atoms with Gasteiger partial charge in [-0.3, -0.25) is 0 Å². The summed E-state index contributed by atoms with van der Waals surface area (Å²) in [5, 5.41) is 0.530. The number of imidazole rings is 1. The topological polar surface area (TPSA) is 17.8 Å². The van der Waals surface area contributed by atoms with Crippen molar-refractivity contribution in [3.05, 3.63) is 64.4 Å². The SMILES string of the molecule is Fc1ccc(Cn2c(CCl)nc3c(Cl)cccc32)cc1F. The molecule has 0 saturated heterocycles. The Bertz CT molecular complexity index is 815. The van der Waals surface area contributed by atoms with Gasteiger partial charge in [-0.2, -0.15) is 0 Å². The third-order valence-corrected chi connectivity index (χ3v) is 3.80. The minimum atomic E-state index is -0.873. The van der Waals surface area contributed by atoms with Crippen molar-refractivity contribution in [1.29, 1.82) is 0 Å². The monoisotopic (exact) mass is 326 g/mol. The summed E-state index contributed by atoms with van der Waals surface area (Å²) in [6.07, 6.45) is 0. The maximum Gasteiger partial charge on any atom is 0.159 e. The highest BCUT2D eigenvalue weighted by Crippen LogP contribution is 2.25. The molecule has 0 unspecified atom stereocenters. The van der Waals surface area contributed by atoms with E-state index in [9.17, 15) is 8.78 Å². The van der Waals surface area contributed by atoms with Crippen LogP contribution in [0.4, 0.5) is 8.78 Å². The number of hydrogen-bond donors (Lipinski definition) is 0. The molecule has 108 valence electrons. The first-order valence-electron chi connectivity index (χ1n) is 6.23. The molecule has 3 aromatic rings. The second-order valence-corrected chi connectivity index (χ2v) is 5.28. The lowest BCUT2D eigenvalue weighted by molar-refractivity contribution is 0.506. The van der Waals surface area contributed by atoms with Gasteiger partial charge in [0.1, 0.15) is 11.3 Å². The predicted molar refractivity (Wildman–Crippen MR) is 79.8 cm³/mol. The van der Waals surface area contributed by atoms with Crippen LogP contribution in [0.5, 0.6) is 0 Å². The highest BCUT2D eigenvalue weighted by atomic mass is 35.5. The lowest BCUT2D eigenvalue weighted by Crippen LogP contribution is -2.04. The number of nitrogens with zero attached hydrogens (tertiary/aromatic N) is 2. The van der Waals surface area contributed by atoms with Crippen LogP contribution in [0, 0.1) is 11.6 Å². The number of benzene rings is 2. The Kier molecular flexibility index (Phi) is 3.83. The number of aromatic nitrogens is 2. The summed E-state index contributed by atoms with van der Waals surface area (Å²) in [4.78, 5) is 4.40. The average Bonchev–Trinajstić information content (AvgIpc) is 2.83. The van der Waals surface area contributed by atoms with Gasteiger partial charge >= 0.3 is 0 Å². The summed E-state index contributed by atoms with van der Waals surface area (Å²) in [6.45, 7) is 0.343. The van der Waals surface area contributed by atoms with Crippen LogP contribution in [0.25, 0.3) is 11.0 Å². The molecule has 0 fully saturated rings. The molecular formula is C15H10Cl2F2N2. The van der Waals surface area contributed by atoms with Crippen molar-refractivity contribution >= 4 is 34.2 Å². The molecule has 0 aliphatic heterocycles. The van der Waals surface area contributed by atoms with E-state index in [2.05, 4.69) is 4.98 Å². The number of alkyl halides is 1. The number of para-hydroxylation sites is 1. The van der Waals surface area contributed by atoms with Crippen molar-refractivity contribution in [2.45, 2.75) is 12.4 Å². The first kappa shape index (κ1) is 14.3. The fraction of sp³-hybridized carbons (Fsp3) is 0.133. The Morgan fingerprint density at radius 1 is 1.10 bits per heavy atom. The molecule has 0 radical (unpaired) electrons. The minimum Gasteiger partial charge on any atom is -0.322 e. The number of fused-ring (bicyclic) bond motifs is 1. The Labute approximate surface area is 129 Å². The molecule has 1 heterocycles. The largest absolute Gasteiger partial charge is 0.322 e. The molecule has 0 bridgehead atoms. The first-order valence-corrected chi connectivity index (χ1v) is 7.15. The maximum atomic E-state index is 13.3. The molecule has 0 N–H and O–H groups in total.